The van der Waals surface area contributed by atoms with Gasteiger partial charge in [0.2, 0.25) is 5.91 Å². The Balaban J connectivity index is 1.44. The van der Waals surface area contributed by atoms with Gasteiger partial charge in [-0.3, -0.25) is 4.79 Å². The van der Waals surface area contributed by atoms with Gasteiger partial charge in [-0.15, -0.1) is 11.3 Å². The molecule has 1 amide bonds. The average Bonchev–Trinajstić information content (AvgIpc) is 3.10. The van der Waals surface area contributed by atoms with Crippen LogP contribution in [0.3, 0.4) is 0 Å². The Morgan fingerprint density at radius 3 is 2.81 bits per heavy atom. The summed E-state index contributed by atoms with van der Waals surface area (Å²) < 4.78 is 24.0. The Morgan fingerprint density at radius 1 is 1.22 bits per heavy atom. The van der Waals surface area contributed by atoms with E-state index in [9.17, 15) is 9.18 Å². The number of thiazole rings is 1. The van der Waals surface area contributed by atoms with Gasteiger partial charge in [0.25, 0.3) is 0 Å². The van der Waals surface area contributed by atoms with E-state index in [4.69, 9.17) is 21.1 Å². The zero-order valence-electron chi connectivity index (χ0n) is 14.0. The summed E-state index contributed by atoms with van der Waals surface area (Å²) in [7, 11) is 0. The van der Waals surface area contributed by atoms with Crippen LogP contribution in [0.4, 0.5) is 9.52 Å². The third-order valence-electron chi connectivity index (χ3n) is 3.91. The normalized spacial score (nSPS) is 12.7. The lowest BCUT2D eigenvalue weighted by Gasteiger charge is -2.20. The maximum absolute atomic E-state index is 13.0. The summed E-state index contributed by atoms with van der Waals surface area (Å²) in [5, 5.41) is 5.47. The smallest absolute Gasteiger partial charge is 0.230 e. The second-order valence-corrected chi connectivity index (χ2v) is 7.14. The molecular weight excluding hydrogens is 391 g/mol. The van der Waals surface area contributed by atoms with E-state index in [-0.39, 0.29) is 18.1 Å². The number of fused-ring (bicyclic) bond motifs is 1. The maximum Gasteiger partial charge on any atom is 0.230 e. The number of ether oxygens (including phenoxy) is 2. The van der Waals surface area contributed by atoms with Crippen molar-refractivity contribution >= 4 is 34.0 Å². The van der Waals surface area contributed by atoms with Gasteiger partial charge < -0.3 is 14.8 Å². The molecule has 0 atom stereocenters. The Hall–Kier alpha value is -2.64. The summed E-state index contributed by atoms with van der Waals surface area (Å²) in [6.07, 6.45) is 0.127. The number of amides is 1. The van der Waals surface area contributed by atoms with E-state index in [0.717, 1.165) is 11.1 Å². The SMILES string of the molecule is O=C(Cc1cc(Cl)c2c(c1)OCCO2)Nc1nc(-c2ccc(F)cc2)cs1. The van der Waals surface area contributed by atoms with Crippen molar-refractivity contribution in [2.45, 2.75) is 6.42 Å². The number of aromatic nitrogens is 1. The zero-order valence-corrected chi connectivity index (χ0v) is 15.6. The fraction of sp³-hybridized carbons (Fsp3) is 0.158. The number of carbonyl (C=O) groups excluding carboxylic acids is 1. The minimum Gasteiger partial charge on any atom is -0.486 e. The summed E-state index contributed by atoms with van der Waals surface area (Å²) in [6.45, 7) is 0.900. The van der Waals surface area contributed by atoms with Gasteiger partial charge >= 0.3 is 0 Å². The summed E-state index contributed by atoms with van der Waals surface area (Å²) in [6, 6.07) is 9.49. The van der Waals surface area contributed by atoms with Crippen LogP contribution >= 0.6 is 22.9 Å². The molecule has 0 fully saturated rings. The predicted molar refractivity (Wildman–Crippen MR) is 102 cm³/mol. The standard InChI is InChI=1S/C19H14ClFN2O3S/c20-14-7-11(8-16-18(14)26-6-5-25-16)9-17(24)23-19-22-15(10-27-19)12-1-3-13(21)4-2-12/h1-4,7-8,10H,5-6,9H2,(H,22,23,24). The number of hydrogen-bond donors (Lipinski definition) is 1. The summed E-state index contributed by atoms with van der Waals surface area (Å²) in [5.41, 5.74) is 2.18. The highest BCUT2D eigenvalue weighted by molar-refractivity contribution is 7.14. The molecule has 1 N–H and O–H groups in total. The summed E-state index contributed by atoms with van der Waals surface area (Å²) in [4.78, 5) is 16.7. The van der Waals surface area contributed by atoms with Gasteiger partial charge in [0.15, 0.2) is 16.6 Å². The molecule has 138 valence electrons. The molecule has 1 aromatic heterocycles. The van der Waals surface area contributed by atoms with Crippen molar-refractivity contribution in [3.05, 3.63) is 58.2 Å². The summed E-state index contributed by atoms with van der Waals surface area (Å²) >= 11 is 7.51. The largest absolute Gasteiger partial charge is 0.486 e. The molecule has 27 heavy (non-hydrogen) atoms. The van der Waals surface area contributed by atoms with E-state index in [1.807, 2.05) is 5.38 Å². The van der Waals surface area contributed by atoms with Gasteiger partial charge in [-0.05, 0) is 42.0 Å². The molecule has 0 bridgehead atoms. The zero-order chi connectivity index (χ0) is 18.8. The van der Waals surface area contributed by atoms with Crippen molar-refractivity contribution in [2.75, 3.05) is 18.5 Å². The molecule has 2 heterocycles. The lowest BCUT2D eigenvalue weighted by atomic mass is 10.1. The van der Waals surface area contributed by atoms with Gasteiger partial charge in [-0.2, -0.15) is 0 Å². The van der Waals surface area contributed by atoms with Gasteiger partial charge in [-0.1, -0.05) is 11.6 Å². The second-order valence-electron chi connectivity index (χ2n) is 5.87. The molecule has 2 aromatic carbocycles. The first-order chi connectivity index (χ1) is 13.1. The molecule has 0 saturated heterocycles. The number of benzene rings is 2. The Morgan fingerprint density at radius 2 is 2.00 bits per heavy atom. The van der Waals surface area contributed by atoms with Crippen LogP contribution in [0.1, 0.15) is 5.56 Å². The summed E-state index contributed by atoms with van der Waals surface area (Å²) in [5.74, 6) is 0.531. The lowest BCUT2D eigenvalue weighted by Crippen LogP contribution is -2.17. The number of nitrogens with one attached hydrogen (secondary N) is 1. The maximum atomic E-state index is 13.0. The van der Waals surface area contributed by atoms with E-state index in [2.05, 4.69) is 10.3 Å². The van der Waals surface area contributed by atoms with Crippen LogP contribution in [0.15, 0.2) is 41.8 Å². The molecule has 1 aliphatic heterocycles. The van der Waals surface area contributed by atoms with Gasteiger partial charge in [0, 0.05) is 10.9 Å². The van der Waals surface area contributed by atoms with E-state index < -0.39 is 0 Å². The van der Waals surface area contributed by atoms with Gasteiger partial charge in [0.05, 0.1) is 17.1 Å². The highest BCUT2D eigenvalue weighted by Gasteiger charge is 2.18. The van der Waals surface area contributed by atoms with Crippen molar-refractivity contribution in [3.63, 3.8) is 0 Å². The average molecular weight is 405 g/mol. The Kier molecular flexibility index (Phi) is 4.96. The molecule has 0 spiro atoms. The van der Waals surface area contributed by atoms with Crippen molar-refractivity contribution < 1.29 is 18.7 Å². The first-order valence-electron chi connectivity index (χ1n) is 8.18. The van der Waals surface area contributed by atoms with Crippen LogP contribution in [0, 0.1) is 5.82 Å². The van der Waals surface area contributed by atoms with E-state index in [1.54, 1.807) is 24.3 Å². The van der Waals surface area contributed by atoms with Crippen LogP contribution in [0.2, 0.25) is 5.02 Å². The van der Waals surface area contributed by atoms with Gasteiger partial charge in [0.1, 0.15) is 19.0 Å². The predicted octanol–water partition coefficient (Wildman–Crippen LogP) is 4.56. The van der Waals surface area contributed by atoms with Crippen molar-refractivity contribution in [1.29, 1.82) is 0 Å². The van der Waals surface area contributed by atoms with Crippen molar-refractivity contribution in [1.82, 2.24) is 4.98 Å². The first-order valence-corrected chi connectivity index (χ1v) is 9.43. The van der Waals surface area contributed by atoms with Gasteiger partial charge in [-0.25, -0.2) is 9.37 Å². The van der Waals surface area contributed by atoms with Crippen LogP contribution < -0.4 is 14.8 Å². The number of nitrogens with zero attached hydrogens (tertiary/aromatic N) is 1. The molecule has 4 rings (SSSR count). The quantitative estimate of drug-likeness (QED) is 0.692. The molecule has 8 heteroatoms. The topological polar surface area (TPSA) is 60.5 Å². The second kappa shape index (κ2) is 7.54. The van der Waals surface area contributed by atoms with Crippen molar-refractivity contribution in [3.8, 4) is 22.8 Å². The Labute approximate surface area is 163 Å². The third kappa shape index (κ3) is 4.04. The highest BCUT2D eigenvalue weighted by atomic mass is 35.5. The number of hydrogen-bond acceptors (Lipinski definition) is 5. The fourth-order valence-electron chi connectivity index (χ4n) is 2.70. The van der Waals surface area contributed by atoms with E-state index >= 15 is 0 Å². The number of anilines is 1. The number of halogens is 2. The van der Waals surface area contributed by atoms with E-state index in [1.165, 1.54) is 23.5 Å². The molecule has 1 aliphatic rings. The highest BCUT2D eigenvalue weighted by Crippen LogP contribution is 2.38. The van der Waals surface area contributed by atoms with Crippen LogP contribution in [0.25, 0.3) is 11.3 Å². The van der Waals surface area contributed by atoms with Crippen LogP contribution in [-0.4, -0.2) is 24.1 Å². The monoisotopic (exact) mass is 404 g/mol. The van der Waals surface area contributed by atoms with Crippen molar-refractivity contribution in [2.24, 2.45) is 0 Å². The van der Waals surface area contributed by atoms with Crippen LogP contribution in [-0.2, 0) is 11.2 Å². The lowest BCUT2D eigenvalue weighted by molar-refractivity contribution is -0.115. The minimum absolute atomic E-state index is 0.127. The Bertz CT molecular complexity index is 991. The minimum atomic E-state index is -0.305. The molecule has 0 radical (unpaired) electrons. The molecule has 5 nitrogen and oxygen atoms in total. The fourth-order valence-corrected chi connectivity index (χ4v) is 3.72. The molecule has 3 aromatic rings. The number of rotatable bonds is 4. The third-order valence-corrected chi connectivity index (χ3v) is 4.95. The first kappa shape index (κ1) is 17.8. The molecule has 0 aliphatic carbocycles. The molecule has 0 unspecified atom stereocenters. The molecular formula is C19H14ClFN2O3S. The van der Waals surface area contributed by atoms with Crippen LogP contribution in [0.5, 0.6) is 11.5 Å². The van der Waals surface area contributed by atoms with E-state index in [0.29, 0.717) is 40.6 Å². The molecule has 0 saturated carbocycles. The number of carbonyl (C=O) groups is 1.